The Balaban J connectivity index is 1.63. The minimum absolute atomic E-state index is 0.704. The Bertz CT molecular complexity index is 245. The average molecular weight is 270 g/mol. The molecule has 2 saturated carbocycles. The minimum atomic E-state index is -1.37. The molecular weight excluding hydrogens is 240 g/mol. The van der Waals surface area contributed by atoms with Crippen molar-refractivity contribution < 1.29 is 8.85 Å². The third-order valence-corrected chi connectivity index (χ3v) is 7.33. The molecule has 0 aromatic rings. The Labute approximate surface area is 114 Å². The first-order chi connectivity index (χ1) is 8.69. The number of fused-ring (bicyclic) bond motifs is 2. The highest BCUT2D eigenvalue weighted by molar-refractivity contribution is 6.44. The molecule has 3 heteroatoms. The normalized spacial score (nSPS) is 32.3. The van der Waals surface area contributed by atoms with Gasteiger partial charge in [0.2, 0.25) is 0 Å². The first-order valence-electron chi connectivity index (χ1n) is 7.92. The average Bonchev–Trinajstić information content (AvgIpc) is 2.90. The van der Waals surface area contributed by atoms with Crippen molar-refractivity contribution in [2.24, 2.45) is 23.7 Å². The van der Waals surface area contributed by atoms with Crippen molar-refractivity contribution in [2.45, 2.75) is 58.9 Å². The van der Waals surface area contributed by atoms with E-state index in [1.54, 1.807) is 0 Å². The van der Waals surface area contributed by atoms with Crippen LogP contribution in [0.2, 0.25) is 6.04 Å². The molecule has 0 aliphatic heterocycles. The smallest absolute Gasteiger partial charge is 0.321 e. The summed E-state index contributed by atoms with van der Waals surface area (Å²) >= 11 is 0. The molecule has 2 aliphatic carbocycles. The highest BCUT2D eigenvalue weighted by Gasteiger charge is 2.38. The van der Waals surface area contributed by atoms with E-state index in [1.807, 2.05) is 0 Å². The molecule has 0 spiro atoms. The zero-order valence-corrected chi connectivity index (χ0v) is 13.5. The van der Waals surface area contributed by atoms with Crippen LogP contribution in [0.4, 0.5) is 0 Å². The molecule has 18 heavy (non-hydrogen) atoms. The minimum Gasteiger partial charge on any atom is -0.397 e. The van der Waals surface area contributed by atoms with E-state index in [9.17, 15) is 0 Å². The number of rotatable bonds is 8. The van der Waals surface area contributed by atoms with Crippen LogP contribution in [-0.2, 0) is 8.85 Å². The Morgan fingerprint density at radius 3 is 2.56 bits per heavy atom. The maximum Gasteiger partial charge on any atom is 0.321 e. The summed E-state index contributed by atoms with van der Waals surface area (Å²) in [4.78, 5) is 0. The predicted molar refractivity (Wildman–Crippen MR) is 77.9 cm³/mol. The van der Waals surface area contributed by atoms with Crippen molar-refractivity contribution in [3.05, 3.63) is 0 Å². The molecule has 0 aromatic carbocycles. The summed E-state index contributed by atoms with van der Waals surface area (Å²) in [7, 11) is -1.37. The van der Waals surface area contributed by atoms with Crippen LogP contribution in [0.15, 0.2) is 0 Å². The molecule has 4 atom stereocenters. The van der Waals surface area contributed by atoms with Crippen LogP contribution in [0.1, 0.15) is 52.9 Å². The zero-order chi connectivity index (χ0) is 13.0. The van der Waals surface area contributed by atoms with Gasteiger partial charge in [0, 0.05) is 13.2 Å². The number of hydrogen-bond donors (Lipinski definition) is 0. The fraction of sp³-hybridized carbons (Fsp3) is 1.00. The van der Waals surface area contributed by atoms with E-state index < -0.39 is 9.28 Å². The lowest BCUT2D eigenvalue weighted by atomic mass is 9.87. The zero-order valence-electron chi connectivity index (χ0n) is 12.4. The van der Waals surface area contributed by atoms with Gasteiger partial charge < -0.3 is 8.85 Å². The van der Waals surface area contributed by atoms with Gasteiger partial charge in [0.05, 0.1) is 0 Å². The maximum atomic E-state index is 6.08. The summed E-state index contributed by atoms with van der Waals surface area (Å²) in [6, 6.07) is 1.16. The lowest BCUT2D eigenvalue weighted by Crippen LogP contribution is -2.26. The first kappa shape index (κ1) is 14.5. The summed E-state index contributed by atoms with van der Waals surface area (Å²) in [5, 5.41) is 0. The van der Waals surface area contributed by atoms with E-state index in [4.69, 9.17) is 8.85 Å². The number of hydrogen-bond acceptors (Lipinski definition) is 2. The molecule has 0 heterocycles. The third-order valence-electron chi connectivity index (χ3n) is 4.69. The molecule has 106 valence electrons. The van der Waals surface area contributed by atoms with E-state index in [0.717, 1.165) is 37.0 Å². The topological polar surface area (TPSA) is 18.5 Å². The predicted octanol–water partition coefficient (Wildman–Crippen LogP) is 3.74. The van der Waals surface area contributed by atoms with Gasteiger partial charge in [-0.1, -0.05) is 20.3 Å². The van der Waals surface area contributed by atoms with E-state index in [2.05, 4.69) is 20.8 Å². The third kappa shape index (κ3) is 4.07. The molecule has 2 aliphatic rings. The van der Waals surface area contributed by atoms with Gasteiger partial charge in [-0.05, 0) is 62.3 Å². The lowest BCUT2D eigenvalue weighted by Gasteiger charge is -2.23. The SMILES string of the molecule is CCO[SiH](CC(C)C)OCCC1CC2CCC1C2. The Hall–Kier alpha value is 0.137. The summed E-state index contributed by atoms with van der Waals surface area (Å²) in [6.45, 7) is 8.38. The second-order valence-corrected chi connectivity index (χ2v) is 8.61. The van der Waals surface area contributed by atoms with Crippen molar-refractivity contribution >= 4 is 9.28 Å². The molecule has 0 amide bonds. The molecule has 2 bridgehead atoms. The second-order valence-electron chi connectivity index (χ2n) is 6.61. The van der Waals surface area contributed by atoms with Crippen molar-refractivity contribution in [3.8, 4) is 0 Å². The largest absolute Gasteiger partial charge is 0.397 e. The fourth-order valence-electron chi connectivity index (χ4n) is 3.84. The van der Waals surface area contributed by atoms with Crippen LogP contribution in [0.5, 0.6) is 0 Å². The quantitative estimate of drug-likeness (QED) is 0.626. The molecule has 0 N–H and O–H groups in total. The molecule has 2 rings (SSSR count). The van der Waals surface area contributed by atoms with Crippen LogP contribution in [0.25, 0.3) is 0 Å². The summed E-state index contributed by atoms with van der Waals surface area (Å²) in [6.07, 6.45) is 7.29. The lowest BCUT2D eigenvalue weighted by molar-refractivity contribution is 0.175. The Morgan fingerprint density at radius 1 is 1.17 bits per heavy atom. The van der Waals surface area contributed by atoms with Crippen LogP contribution < -0.4 is 0 Å². The molecule has 0 saturated heterocycles. The van der Waals surface area contributed by atoms with Crippen LogP contribution in [0.3, 0.4) is 0 Å². The highest BCUT2D eigenvalue weighted by atomic mass is 28.3. The second kappa shape index (κ2) is 7.06. The van der Waals surface area contributed by atoms with Crippen molar-refractivity contribution in [1.82, 2.24) is 0 Å². The van der Waals surface area contributed by atoms with E-state index >= 15 is 0 Å². The van der Waals surface area contributed by atoms with Crippen LogP contribution >= 0.6 is 0 Å². The van der Waals surface area contributed by atoms with Crippen molar-refractivity contribution in [2.75, 3.05) is 13.2 Å². The molecule has 4 unspecified atom stereocenters. The van der Waals surface area contributed by atoms with E-state index in [1.165, 1.54) is 32.1 Å². The molecular formula is C15H30O2Si. The van der Waals surface area contributed by atoms with Gasteiger partial charge in [0.1, 0.15) is 0 Å². The standard InChI is InChI=1S/C15H30O2Si/c1-4-16-18(11-12(2)3)17-8-7-15-10-13-5-6-14(15)9-13/h12-15,18H,4-11H2,1-3H3. The van der Waals surface area contributed by atoms with Crippen LogP contribution in [-0.4, -0.2) is 22.5 Å². The van der Waals surface area contributed by atoms with Crippen molar-refractivity contribution in [3.63, 3.8) is 0 Å². The molecule has 2 fully saturated rings. The van der Waals surface area contributed by atoms with Crippen molar-refractivity contribution in [1.29, 1.82) is 0 Å². The molecule has 2 nitrogen and oxygen atoms in total. The summed E-state index contributed by atoms with van der Waals surface area (Å²) in [5.41, 5.74) is 0. The first-order valence-corrected chi connectivity index (χ1v) is 9.68. The Kier molecular flexibility index (Phi) is 5.71. The van der Waals surface area contributed by atoms with Gasteiger partial charge in [-0.3, -0.25) is 0 Å². The van der Waals surface area contributed by atoms with Gasteiger partial charge in [-0.15, -0.1) is 0 Å². The molecule has 0 aromatic heterocycles. The van der Waals surface area contributed by atoms with E-state index in [0.29, 0.717) is 5.92 Å². The summed E-state index contributed by atoms with van der Waals surface area (Å²) < 4.78 is 11.9. The van der Waals surface area contributed by atoms with Crippen LogP contribution in [0, 0.1) is 23.7 Å². The Morgan fingerprint density at radius 2 is 2.00 bits per heavy atom. The summed E-state index contributed by atoms with van der Waals surface area (Å²) in [5.74, 6) is 3.78. The maximum absolute atomic E-state index is 6.08. The van der Waals surface area contributed by atoms with Gasteiger partial charge in [-0.2, -0.15) is 0 Å². The fourth-order valence-corrected chi connectivity index (χ4v) is 5.74. The highest BCUT2D eigenvalue weighted by Crippen LogP contribution is 2.49. The van der Waals surface area contributed by atoms with Gasteiger partial charge in [0.25, 0.3) is 0 Å². The van der Waals surface area contributed by atoms with Gasteiger partial charge in [0.15, 0.2) is 0 Å². The van der Waals surface area contributed by atoms with Gasteiger partial charge in [-0.25, -0.2) is 0 Å². The van der Waals surface area contributed by atoms with E-state index in [-0.39, 0.29) is 0 Å². The molecule has 0 radical (unpaired) electrons. The van der Waals surface area contributed by atoms with Gasteiger partial charge >= 0.3 is 9.28 Å². The monoisotopic (exact) mass is 270 g/mol.